The van der Waals surface area contributed by atoms with E-state index in [1.165, 1.54) is 36.4 Å². The van der Waals surface area contributed by atoms with Crippen molar-refractivity contribution in [2.45, 2.75) is 19.4 Å². The van der Waals surface area contributed by atoms with E-state index in [1.54, 1.807) is 11.0 Å². The molecule has 0 saturated carbocycles. The first-order valence-corrected chi connectivity index (χ1v) is 9.04. The number of anilines is 1. The Labute approximate surface area is 162 Å². The zero-order valence-corrected chi connectivity index (χ0v) is 15.3. The summed E-state index contributed by atoms with van der Waals surface area (Å²) in [5, 5.41) is 0. The van der Waals surface area contributed by atoms with Crippen molar-refractivity contribution < 1.29 is 13.6 Å². The molecule has 28 heavy (non-hydrogen) atoms. The number of hydrogen-bond acceptors (Lipinski definition) is 2. The number of carbonyl (C=O) groups excluding carboxylic acids is 1. The second-order valence-corrected chi connectivity index (χ2v) is 6.79. The molecular formula is C23H18F2N2O. The van der Waals surface area contributed by atoms with Crippen LogP contribution in [0.15, 0.2) is 77.8 Å². The number of aliphatic imine (C=N–C) groups is 1. The first-order valence-electron chi connectivity index (χ1n) is 9.04. The first kappa shape index (κ1) is 18.0. The Hall–Kier alpha value is -3.34. The zero-order valence-electron chi connectivity index (χ0n) is 15.3. The van der Waals surface area contributed by atoms with Crippen LogP contribution in [0.3, 0.4) is 0 Å². The SMILES string of the molecule is CC1CC(=Nc2ccccc2)c2cc(F)ccc2N1C(=O)c1ccc(F)cc1. The normalized spacial score (nSPS) is 17.5. The molecule has 1 atom stereocenters. The maximum atomic E-state index is 14.0. The number of nitrogens with zero attached hydrogens (tertiary/aromatic N) is 2. The summed E-state index contributed by atoms with van der Waals surface area (Å²) < 4.78 is 27.2. The largest absolute Gasteiger partial charge is 0.305 e. The fourth-order valence-corrected chi connectivity index (χ4v) is 3.47. The van der Waals surface area contributed by atoms with Gasteiger partial charge >= 0.3 is 0 Å². The van der Waals surface area contributed by atoms with Crippen molar-refractivity contribution >= 4 is 23.0 Å². The van der Waals surface area contributed by atoms with Crippen LogP contribution in [-0.4, -0.2) is 17.7 Å². The highest BCUT2D eigenvalue weighted by Gasteiger charge is 2.32. The molecule has 0 bridgehead atoms. The van der Waals surface area contributed by atoms with Gasteiger partial charge in [-0.3, -0.25) is 9.79 Å². The van der Waals surface area contributed by atoms with Gasteiger partial charge in [-0.15, -0.1) is 0 Å². The van der Waals surface area contributed by atoms with Crippen molar-refractivity contribution in [1.82, 2.24) is 0 Å². The van der Waals surface area contributed by atoms with Crippen LogP contribution in [0.2, 0.25) is 0 Å². The maximum absolute atomic E-state index is 14.0. The average Bonchev–Trinajstić information content (AvgIpc) is 2.69. The molecule has 1 aliphatic heterocycles. The van der Waals surface area contributed by atoms with E-state index in [-0.39, 0.29) is 17.8 Å². The Balaban J connectivity index is 1.79. The highest BCUT2D eigenvalue weighted by molar-refractivity contribution is 6.15. The molecule has 1 aliphatic rings. The third-order valence-electron chi connectivity index (χ3n) is 4.79. The van der Waals surface area contributed by atoms with Crippen LogP contribution in [0.4, 0.5) is 20.2 Å². The lowest BCUT2D eigenvalue weighted by molar-refractivity contribution is 0.0978. The summed E-state index contributed by atoms with van der Waals surface area (Å²) in [6.45, 7) is 1.92. The standard InChI is InChI=1S/C23H18F2N2O/c1-15-13-21(26-19-5-3-2-4-6-19)20-14-18(25)11-12-22(20)27(15)23(28)16-7-9-17(24)10-8-16/h2-12,14-15H,13H2,1H3. The van der Waals surface area contributed by atoms with Crippen molar-refractivity contribution in [2.24, 2.45) is 4.99 Å². The van der Waals surface area contributed by atoms with Crippen LogP contribution in [0.25, 0.3) is 0 Å². The Morgan fingerprint density at radius 3 is 2.36 bits per heavy atom. The lowest BCUT2D eigenvalue weighted by Crippen LogP contribution is -2.44. The molecule has 3 aromatic rings. The van der Waals surface area contributed by atoms with E-state index >= 15 is 0 Å². The van der Waals surface area contributed by atoms with Gasteiger partial charge in [-0.05, 0) is 61.5 Å². The zero-order chi connectivity index (χ0) is 19.7. The second kappa shape index (κ2) is 7.35. The molecule has 0 radical (unpaired) electrons. The quantitative estimate of drug-likeness (QED) is 0.579. The summed E-state index contributed by atoms with van der Waals surface area (Å²) >= 11 is 0. The number of benzene rings is 3. The lowest BCUT2D eigenvalue weighted by Gasteiger charge is -2.36. The summed E-state index contributed by atoms with van der Waals surface area (Å²) in [6, 6.07) is 19.1. The predicted octanol–water partition coefficient (Wildman–Crippen LogP) is 5.52. The summed E-state index contributed by atoms with van der Waals surface area (Å²) in [4.78, 5) is 19.4. The summed E-state index contributed by atoms with van der Waals surface area (Å²) in [6.07, 6.45) is 0.484. The highest BCUT2D eigenvalue weighted by Crippen LogP contribution is 2.34. The topological polar surface area (TPSA) is 32.7 Å². The lowest BCUT2D eigenvalue weighted by atomic mass is 9.93. The van der Waals surface area contributed by atoms with Crippen LogP contribution in [0.5, 0.6) is 0 Å². The smallest absolute Gasteiger partial charge is 0.258 e. The molecule has 0 aliphatic carbocycles. The molecule has 3 aromatic carbocycles. The van der Waals surface area contributed by atoms with Gasteiger partial charge in [0.15, 0.2) is 0 Å². The Morgan fingerprint density at radius 1 is 0.964 bits per heavy atom. The first-order chi connectivity index (χ1) is 13.5. The molecule has 0 saturated heterocycles. The van der Waals surface area contributed by atoms with Crippen LogP contribution >= 0.6 is 0 Å². The fourth-order valence-electron chi connectivity index (χ4n) is 3.47. The molecule has 0 fully saturated rings. The molecule has 140 valence electrons. The molecule has 3 nitrogen and oxygen atoms in total. The van der Waals surface area contributed by atoms with Gasteiger partial charge < -0.3 is 4.90 Å². The number of rotatable bonds is 2. The van der Waals surface area contributed by atoms with Crippen LogP contribution in [0.1, 0.15) is 29.3 Å². The Bertz CT molecular complexity index is 1050. The third kappa shape index (κ3) is 3.43. The van der Waals surface area contributed by atoms with Gasteiger partial charge in [0.05, 0.1) is 17.1 Å². The number of amides is 1. The van der Waals surface area contributed by atoms with Gasteiger partial charge in [0.2, 0.25) is 0 Å². The van der Waals surface area contributed by atoms with E-state index in [0.717, 1.165) is 11.4 Å². The van der Waals surface area contributed by atoms with Crippen molar-refractivity contribution in [3.63, 3.8) is 0 Å². The summed E-state index contributed by atoms with van der Waals surface area (Å²) in [5.41, 5.74) is 3.09. The van der Waals surface area contributed by atoms with Crippen molar-refractivity contribution in [3.05, 3.63) is 95.6 Å². The fraction of sp³-hybridized carbons (Fsp3) is 0.130. The number of halogens is 2. The molecule has 0 spiro atoms. The van der Waals surface area contributed by atoms with Gasteiger partial charge in [0, 0.05) is 23.6 Å². The molecule has 4 rings (SSSR count). The van der Waals surface area contributed by atoms with Crippen molar-refractivity contribution in [1.29, 1.82) is 0 Å². The number of para-hydroxylation sites is 1. The average molecular weight is 376 g/mol. The number of fused-ring (bicyclic) bond motifs is 1. The van der Waals surface area contributed by atoms with Crippen molar-refractivity contribution in [3.8, 4) is 0 Å². The molecule has 1 unspecified atom stereocenters. The van der Waals surface area contributed by atoms with Gasteiger partial charge in [0.1, 0.15) is 11.6 Å². The molecule has 5 heteroatoms. The highest BCUT2D eigenvalue weighted by atomic mass is 19.1. The second-order valence-electron chi connectivity index (χ2n) is 6.79. The summed E-state index contributed by atoms with van der Waals surface area (Å²) in [7, 11) is 0. The summed E-state index contributed by atoms with van der Waals surface area (Å²) in [5.74, 6) is -1.04. The van der Waals surface area contributed by atoms with E-state index in [2.05, 4.69) is 0 Å². The minimum atomic E-state index is -0.400. The van der Waals surface area contributed by atoms with E-state index in [9.17, 15) is 13.6 Å². The molecular weight excluding hydrogens is 358 g/mol. The van der Waals surface area contributed by atoms with E-state index in [4.69, 9.17) is 4.99 Å². The number of carbonyl (C=O) groups is 1. The van der Waals surface area contributed by atoms with Gasteiger partial charge in [-0.1, -0.05) is 18.2 Å². The van der Waals surface area contributed by atoms with Crippen LogP contribution in [0, 0.1) is 11.6 Å². The van der Waals surface area contributed by atoms with Crippen molar-refractivity contribution in [2.75, 3.05) is 4.90 Å². The number of hydrogen-bond donors (Lipinski definition) is 0. The predicted molar refractivity (Wildman–Crippen MR) is 106 cm³/mol. The molecule has 0 aromatic heterocycles. The van der Waals surface area contributed by atoms with Gasteiger partial charge in [-0.2, -0.15) is 0 Å². The molecule has 0 N–H and O–H groups in total. The molecule has 1 amide bonds. The van der Waals surface area contributed by atoms with Gasteiger partial charge in [0.25, 0.3) is 5.91 Å². The minimum Gasteiger partial charge on any atom is -0.305 e. The Morgan fingerprint density at radius 2 is 1.64 bits per heavy atom. The monoisotopic (exact) mass is 376 g/mol. The Kier molecular flexibility index (Phi) is 4.74. The maximum Gasteiger partial charge on any atom is 0.258 e. The van der Waals surface area contributed by atoms with E-state index < -0.39 is 5.82 Å². The van der Waals surface area contributed by atoms with Crippen LogP contribution in [-0.2, 0) is 0 Å². The van der Waals surface area contributed by atoms with E-state index in [1.807, 2.05) is 37.3 Å². The third-order valence-corrected chi connectivity index (χ3v) is 4.79. The van der Waals surface area contributed by atoms with E-state index in [0.29, 0.717) is 23.2 Å². The molecule has 1 heterocycles. The minimum absolute atomic E-state index is 0.182. The van der Waals surface area contributed by atoms with Crippen LogP contribution < -0.4 is 4.90 Å². The van der Waals surface area contributed by atoms with Gasteiger partial charge in [-0.25, -0.2) is 8.78 Å².